The van der Waals surface area contributed by atoms with Gasteiger partial charge in [0.15, 0.2) is 0 Å². The smallest absolute Gasteiger partial charge is 0.407 e. The second-order valence-electron chi connectivity index (χ2n) is 8.62. The lowest BCUT2D eigenvalue weighted by molar-refractivity contribution is -0.153. The zero-order valence-corrected chi connectivity index (χ0v) is 18.9. The Bertz CT molecular complexity index is 1030. The van der Waals surface area contributed by atoms with Crippen LogP contribution in [0.1, 0.15) is 36.8 Å². The maximum Gasteiger partial charge on any atom is 0.407 e. The molecule has 2 aromatic rings. The zero-order valence-electron chi connectivity index (χ0n) is 18.9. The molecule has 0 spiro atoms. The van der Waals surface area contributed by atoms with E-state index in [0.29, 0.717) is 12.8 Å². The maximum absolute atomic E-state index is 13.1. The number of aliphatic carboxylic acids is 1. The molecule has 0 radical (unpaired) electrons. The van der Waals surface area contributed by atoms with Crippen LogP contribution in [0.15, 0.2) is 48.5 Å². The molecule has 1 saturated carbocycles. The third-order valence-corrected chi connectivity index (χ3v) is 6.82. The van der Waals surface area contributed by atoms with Crippen LogP contribution in [-0.2, 0) is 19.1 Å². The fourth-order valence-electron chi connectivity index (χ4n) is 4.51. The van der Waals surface area contributed by atoms with Gasteiger partial charge in [0.05, 0.1) is 6.10 Å². The molecule has 0 aliphatic heterocycles. The highest BCUT2D eigenvalue weighted by atomic mass is 16.5. The molecule has 8 nitrogen and oxygen atoms in total. The van der Waals surface area contributed by atoms with Crippen molar-refractivity contribution in [3.63, 3.8) is 0 Å². The Morgan fingerprint density at radius 3 is 2.12 bits per heavy atom. The van der Waals surface area contributed by atoms with Crippen LogP contribution in [-0.4, -0.2) is 66.4 Å². The van der Waals surface area contributed by atoms with Gasteiger partial charge in [-0.3, -0.25) is 4.79 Å². The predicted octanol–water partition coefficient (Wildman–Crippen LogP) is 3.00. The first-order chi connectivity index (χ1) is 15.8. The number of carboxylic acids is 1. The fourth-order valence-corrected chi connectivity index (χ4v) is 4.51. The number of alkyl carbamates (subject to hydrolysis) is 1. The minimum atomic E-state index is -1.22. The Morgan fingerprint density at radius 2 is 1.64 bits per heavy atom. The number of carbonyl (C=O) groups is 3. The Kier molecular flexibility index (Phi) is 6.12. The van der Waals surface area contributed by atoms with E-state index in [4.69, 9.17) is 9.47 Å². The van der Waals surface area contributed by atoms with E-state index in [1.807, 2.05) is 36.4 Å². The van der Waals surface area contributed by atoms with Gasteiger partial charge in [-0.05, 0) is 42.0 Å². The first-order valence-corrected chi connectivity index (χ1v) is 11.0. The van der Waals surface area contributed by atoms with Crippen molar-refractivity contribution in [2.75, 3.05) is 20.8 Å². The number of likely N-dealkylation sites (N-methyl/N-ethyl adjacent to an activating group) is 1. The Hall–Kier alpha value is -3.39. The van der Waals surface area contributed by atoms with Crippen molar-refractivity contribution in [1.82, 2.24) is 10.2 Å². The first-order valence-electron chi connectivity index (χ1n) is 11.0. The van der Waals surface area contributed by atoms with Gasteiger partial charge in [0.1, 0.15) is 18.2 Å². The molecule has 2 atom stereocenters. The van der Waals surface area contributed by atoms with Crippen molar-refractivity contribution in [2.24, 2.45) is 0 Å². The minimum Gasteiger partial charge on any atom is -0.479 e. The molecule has 0 unspecified atom stereocenters. The van der Waals surface area contributed by atoms with Crippen LogP contribution in [0.2, 0.25) is 0 Å². The van der Waals surface area contributed by atoms with Crippen molar-refractivity contribution < 1.29 is 29.0 Å². The Morgan fingerprint density at radius 1 is 1.09 bits per heavy atom. The maximum atomic E-state index is 13.1. The molecule has 174 valence electrons. The summed E-state index contributed by atoms with van der Waals surface area (Å²) in [5, 5.41) is 12.1. The SMILES string of the molecule is CO[C@H](C)[C@H](NC(=O)OCC1c2ccccc2-c2ccccc21)C(=O)N(C)C1(C(=O)O)CC1. The van der Waals surface area contributed by atoms with Crippen LogP contribution >= 0.6 is 0 Å². The van der Waals surface area contributed by atoms with Crippen LogP contribution in [0.4, 0.5) is 4.79 Å². The number of amides is 2. The molecular formula is C25H28N2O6. The van der Waals surface area contributed by atoms with E-state index in [9.17, 15) is 19.5 Å². The van der Waals surface area contributed by atoms with E-state index < -0.39 is 35.7 Å². The molecule has 2 amide bonds. The molecule has 2 N–H and O–H groups in total. The lowest BCUT2D eigenvalue weighted by Gasteiger charge is -2.31. The highest BCUT2D eigenvalue weighted by molar-refractivity contribution is 5.93. The highest BCUT2D eigenvalue weighted by Crippen LogP contribution is 2.44. The number of hydrogen-bond acceptors (Lipinski definition) is 5. The van der Waals surface area contributed by atoms with Crippen molar-refractivity contribution in [3.05, 3.63) is 59.7 Å². The molecule has 2 aliphatic carbocycles. The fraction of sp³-hybridized carbons (Fsp3) is 0.400. The number of nitrogens with one attached hydrogen (secondary N) is 1. The van der Waals surface area contributed by atoms with Gasteiger partial charge in [0, 0.05) is 20.1 Å². The summed E-state index contributed by atoms with van der Waals surface area (Å²) in [5.41, 5.74) is 3.19. The third kappa shape index (κ3) is 4.06. The second kappa shape index (κ2) is 8.86. The summed E-state index contributed by atoms with van der Waals surface area (Å²) >= 11 is 0. The predicted molar refractivity (Wildman–Crippen MR) is 121 cm³/mol. The number of hydrogen-bond donors (Lipinski definition) is 2. The molecule has 0 bridgehead atoms. The van der Waals surface area contributed by atoms with Crippen LogP contribution < -0.4 is 5.32 Å². The number of methoxy groups -OCH3 is 1. The lowest BCUT2D eigenvalue weighted by atomic mass is 9.98. The van der Waals surface area contributed by atoms with Gasteiger partial charge >= 0.3 is 12.1 Å². The summed E-state index contributed by atoms with van der Waals surface area (Å²) in [4.78, 5) is 38.6. The topological polar surface area (TPSA) is 105 Å². The van der Waals surface area contributed by atoms with Gasteiger partial charge in [-0.2, -0.15) is 0 Å². The van der Waals surface area contributed by atoms with E-state index in [2.05, 4.69) is 17.4 Å². The molecule has 8 heteroatoms. The monoisotopic (exact) mass is 452 g/mol. The molecule has 0 heterocycles. The third-order valence-electron chi connectivity index (χ3n) is 6.82. The van der Waals surface area contributed by atoms with E-state index in [0.717, 1.165) is 22.3 Å². The van der Waals surface area contributed by atoms with Crippen molar-refractivity contribution in [3.8, 4) is 11.1 Å². The van der Waals surface area contributed by atoms with Crippen molar-refractivity contribution in [1.29, 1.82) is 0 Å². The molecule has 1 fully saturated rings. The molecule has 2 aromatic carbocycles. The highest BCUT2D eigenvalue weighted by Gasteiger charge is 2.56. The van der Waals surface area contributed by atoms with Crippen LogP contribution in [0.3, 0.4) is 0 Å². The normalized spacial score (nSPS) is 17.3. The minimum absolute atomic E-state index is 0.108. The largest absolute Gasteiger partial charge is 0.479 e. The van der Waals surface area contributed by atoms with Crippen molar-refractivity contribution >= 4 is 18.0 Å². The van der Waals surface area contributed by atoms with Crippen LogP contribution in [0, 0.1) is 0 Å². The quantitative estimate of drug-likeness (QED) is 0.638. The molecular weight excluding hydrogens is 424 g/mol. The number of nitrogens with zero attached hydrogens (tertiary/aromatic N) is 1. The van der Waals surface area contributed by atoms with Gasteiger partial charge in [-0.15, -0.1) is 0 Å². The summed E-state index contributed by atoms with van der Waals surface area (Å²) in [6.07, 6.45) is -0.676. The van der Waals surface area contributed by atoms with Gasteiger partial charge in [0.2, 0.25) is 5.91 Å². The molecule has 0 saturated heterocycles. The van der Waals surface area contributed by atoms with Crippen LogP contribution in [0.5, 0.6) is 0 Å². The van der Waals surface area contributed by atoms with E-state index in [1.54, 1.807) is 6.92 Å². The second-order valence-corrected chi connectivity index (χ2v) is 8.62. The number of rotatable bonds is 8. The van der Waals surface area contributed by atoms with Gasteiger partial charge in [0.25, 0.3) is 0 Å². The van der Waals surface area contributed by atoms with Crippen molar-refractivity contribution in [2.45, 2.75) is 43.4 Å². The summed E-state index contributed by atoms with van der Waals surface area (Å²) < 4.78 is 10.8. The molecule has 2 aliphatic rings. The number of fused-ring (bicyclic) bond motifs is 3. The standard InChI is InChI=1S/C25H28N2O6/c1-15(32-3)21(22(28)27(2)25(12-13-25)23(29)30)26-24(31)33-14-20-18-10-6-4-8-16(18)17-9-5-7-11-19(17)20/h4-11,15,20-21H,12-14H2,1-3H3,(H,26,31)(H,29,30)/t15-,21+/m1/s1. The average Bonchev–Trinajstić information content (AvgIpc) is 3.58. The zero-order chi connectivity index (χ0) is 23.8. The Labute approximate surface area is 192 Å². The number of carboxylic acid groups (broad SMARTS) is 1. The number of carbonyl (C=O) groups excluding carboxylic acids is 2. The van der Waals surface area contributed by atoms with E-state index in [-0.39, 0.29) is 12.5 Å². The summed E-state index contributed by atoms with van der Waals surface area (Å²) in [6, 6.07) is 14.9. The number of ether oxygens (including phenoxy) is 2. The molecule has 33 heavy (non-hydrogen) atoms. The van der Waals surface area contributed by atoms with Gasteiger partial charge in [-0.1, -0.05) is 48.5 Å². The molecule has 0 aromatic heterocycles. The average molecular weight is 453 g/mol. The van der Waals surface area contributed by atoms with E-state index in [1.165, 1.54) is 19.1 Å². The molecule has 4 rings (SSSR count). The number of benzene rings is 2. The van der Waals surface area contributed by atoms with Gasteiger partial charge < -0.3 is 24.8 Å². The summed E-state index contributed by atoms with van der Waals surface area (Å²) in [5.74, 6) is -1.69. The lowest BCUT2D eigenvalue weighted by Crippen LogP contribution is -2.57. The van der Waals surface area contributed by atoms with E-state index >= 15 is 0 Å². The van der Waals surface area contributed by atoms with Gasteiger partial charge in [-0.25, -0.2) is 9.59 Å². The summed E-state index contributed by atoms with van der Waals surface area (Å²) in [7, 11) is 2.87. The van der Waals surface area contributed by atoms with Crippen LogP contribution in [0.25, 0.3) is 11.1 Å². The first kappa shape index (κ1) is 22.8. The Balaban J connectivity index is 1.46. The summed E-state index contributed by atoms with van der Waals surface area (Å²) in [6.45, 7) is 1.75.